The molecule has 2 heteroatoms. The van der Waals surface area contributed by atoms with Gasteiger partial charge in [0.05, 0.1) is 6.04 Å². The van der Waals surface area contributed by atoms with Crippen LogP contribution in [0.25, 0.3) is 11.1 Å². The Hall–Kier alpha value is -2.09. The van der Waals surface area contributed by atoms with Gasteiger partial charge in [-0.05, 0) is 23.6 Å². The van der Waals surface area contributed by atoms with Crippen molar-refractivity contribution < 1.29 is 4.79 Å². The third kappa shape index (κ3) is 2.53. The van der Waals surface area contributed by atoms with Gasteiger partial charge in [0.25, 0.3) is 0 Å². The summed E-state index contributed by atoms with van der Waals surface area (Å²) < 4.78 is 0. The van der Waals surface area contributed by atoms with E-state index in [0.29, 0.717) is 0 Å². The number of carbonyl (C=O) groups excluding carboxylic acids is 1. The van der Waals surface area contributed by atoms with E-state index in [0.717, 1.165) is 17.5 Å². The van der Waals surface area contributed by atoms with Crippen LogP contribution in [-0.2, 0) is 4.79 Å². The number of amides is 1. The minimum atomic E-state index is 0.0175. The highest BCUT2D eigenvalue weighted by atomic mass is 16.1. The molecule has 0 aliphatic carbocycles. The average Bonchev–Trinajstić information content (AvgIpc) is 2.40. The van der Waals surface area contributed by atoms with Crippen molar-refractivity contribution in [1.29, 1.82) is 0 Å². The van der Waals surface area contributed by atoms with Crippen molar-refractivity contribution in [1.82, 2.24) is 5.32 Å². The lowest BCUT2D eigenvalue weighted by Gasteiger charge is -2.15. The molecule has 0 radical (unpaired) electrons. The van der Waals surface area contributed by atoms with Gasteiger partial charge >= 0.3 is 0 Å². The summed E-state index contributed by atoms with van der Waals surface area (Å²) in [5.74, 6) is 0. The fourth-order valence-corrected chi connectivity index (χ4v) is 1.95. The molecule has 0 aliphatic heterocycles. The Morgan fingerprint density at radius 2 is 1.65 bits per heavy atom. The molecule has 2 aromatic carbocycles. The molecule has 0 fully saturated rings. The lowest BCUT2D eigenvalue weighted by molar-refractivity contribution is -0.110. The Labute approximate surface area is 101 Å². The topological polar surface area (TPSA) is 29.1 Å². The third-order valence-corrected chi connectivity index (χ3v) is 2.83. The summed E-state index contributed by atoms with van der Waals surface area (Å²) in [4.78, 5) is 10.5. The van der Waals surface area contributed by atoms with Gasteiger partial charge in [-0.3, -0.25) is 4.79 Å². The van der Waals surface area contributed by atoms with Crippen molar-refractivity contribution in [3.8, 4) is 11.1 Å². The minimum absolute atomic E-state index is 0.0175. The van der Waals surface area contributed by atoms with Gasteiger partial charge < -0.3 is 5.32 Å². The Bertz CT molecular complexity index is 493. The lowest BCUT2D eigenvalue weighted by atomic mass is 9.96. The molecule has 2 rings (SSSR count). The maximum absolute atomic E-state index is 10.5. The molecule has 2 aromatic rings. The van der Waals surface area contributed by atoms with E-state index in [2.05, 4.69) is 23.5 Å². The molecule has 1 amide bonds. The molecule has 0 aromatic heterocycles. The first-order chi connectivity index (χ1) is 8.33. The van der Waals surface area contributed by atoms with Crippen LogP contribution in [0.2, 0.25) is 0 Å². The maximum Gasteiger partial charge on any atom is 0.207 e. The smallest absolute Gasteiger partial charge is 0.207 e. The SMILES string of the molecule is C[C@@H](NC=O)c1ccccc1-c1ccccc1. The second-order valence-corrected chi connectivity index (χ2v) is 3.96. The van der Waals surface area contributed by atoms with Gasteiger partial charge in [0, 0.05) is 0 Å². The largest absolute Gasteiger partial charge is 0.352 e. The highest BCUT2D eigenvalue weighted by Crippen LogP contribution is 2.27. The van der Waals surface area contributed by atoms with E-state index in [1.807, 2.05) is 43.3 Å². The first kappa shape index (κ1) is 11.4. The predicted molar refractivity (Wildman–Crippen MR) is 69.5 cm³/mol. The van der Waals surface area contributed by atoms with Gasteiger partial charge in [-0.2, -0.15) is 0 Å². The second-order valence-electron chi connectivity index (χ2n) is 3.96. The average molecular weight is 225 g/mol. The highest BCUT2D eigenvalue weighted by molar-refractivity contribution is 5.68. The zero-order chi connectivity index (χ0) is 12.1. The highest BCUT2D eigenvalue weighted by Gasteiger charge is 2.09. The summed E-state index contributed by atoms with van der Waals surface area (Å²) in [5.41, 5.74) is 3.46. The van der Waals surface area contributed by atoms with Crippen LogP contribution in [0.4, 0.5) is 0 Å². The van der Waals surface area contributed by atoms with Crippen molar-refractivity contribution in [3.05, 3.63) is 60.2 Å². The van der Waals surface area contributed by atoms with E-state index in [1.54, 1.807) is 0 Å². The van der Waals surface area contributed by atoms with Crippen LogP contribution < -0.4 is 5.32 Å². The van der Waals surface area contributed by atoms with Crippen molar-refractivity contribution in [2.75, 3.05) is 0 Å². The van der Waals surface area contributed by atoms with Crippen LogP contribution in [0.1, 0.15) is 18.5 Å². The van der Waals surface area contributed by atoms with Crippen molar-refractivity contribution in [2.24, 2.45) is 0 Å². The van der Waals surface area contributed by atoms with Crippen molar-refractivity contribution in [2.45, 2.75) is 13.0 Å². The molecule has 17 heavy (non-hydrogen) atoms. The maximum atomic E-state index is 10.5. The van der Waals surface area contributed by atoms with Gasteiger partial charge in [-0.15, -0.1) is 0 Å². The molecule has 1 atom stereocenters. The molecule has 1 N–H and O–H groups in total. The van der Waals surface area contributed by atoms with Crippen LogP contribution in [0.15, 0.2) is 54.6 Å². The molecule has 2 nitrogen and oxygen atoms in total. The van der Waals surface area contributed by atoms with Crippen molar-refractivity contribution >= 4 is 6.41 Å². The van der Waals surface area contributed by atoms with Crippen LogP contribution in [0.5, 0.6) is 0 Å². The number of carbonyl (C=O) groups is 1. The number of hydrogen-bond donors (Lipinski definition) is 1. The van der Waals surface area contributed by atoms with E-state index in [9.17, 15) is 4.79 Å². The van der Waals surface area contributed by atoms with E-state index in [1.165, 1.54) is 5.56 Å². The van der Waals surface area contributed by atoms with Gasteiger partial charge in [-0.25, -0.2) is 0 Å². The number of hydrogen-bond acceptors (Lipinski definition) is 1. The van der Waals surface area contributed by atoms with E-state index in [-0.39, 0.29) is 6.04 Å². The number of rotatable bonds is 4. The molecule has 0 saturated carbocycles. The molecule has 86 valence electrons. The monoisotopic (exact) mass is 225 g/mol. The Balaban J connectivity index is 2.44. The van der Waals surface area contributed by atoms with Crippen LogP contribution in [0, 0.1) is 0 Å². The summed E-state index contributed by atoms with van der Waals surface area (Å²) in [7, 11) is 0. The van der Waals surface area contributed by atoms with Gasteiger partial charge in [0.2, 0.25) is 6.41 Å². The summed E-state index contributed by atoms with van der Waals surface area (Å²) >= 11 is 0. The van der Waals surface area contributed by atoms with Gasteiger partial charge in [-0.1, -0.05) is 54.6 Å². The molecular formula is C15H15NO. The summed E-state index contributed by atoms with van der Waals surface area (Å²) in [5, 5.41) is 2.79. The zero-order valence-corrected chi connectivity index (χ0v) is 9.76. The van der Waals surface area contributed by atoms with Gasteiger partial charge in [0.15, 0.2) is 0 Å². The summed E-state index contributed by atoms with van der Waals surface area (Å²) in [6.45, 7) is 1.98. The predicted octanol–water partition coefficient (Wildman–Crippen LogP) is 3.16. The fraction of sp³-hybridized carbons (Fsp3) is 0.133. The molecule has 0 unspecified atom stereocenters. The quantitative estimate of drug-likeness (QED) is 0.796. The van der Waals surface area contributed by atoms with Crippen LogP contribution in [-0.4, -0.2) is 6.41 Å². The fourth-order valence-electron chi connectivity index (χ4n) is 1.95. The molecule has 0 spiro atoms. The van der Waals surface area contributed by atoms with E-state index < -0.39 is 0 Å². The second kappa shape index (κ2) is 5.30. The van der Waals surface area contributed by atoms with E-state index in [4.69, 9.17) is 0 Å². The Kier molecular flexibility index (Phi) is 3.55. The first-order valence-electron chi connectivity index (χ1n) is 5.67. The first-order valence-corrected chi connectivity index (χ1v) is 5.67. The summed E-state index contributed by atoms with van der Waals surface area (Å²) in [6, 6.07) is 18.3. The number of benzene rings is 2. The molecule has 0 heterocycles. The van der Waals surface area contributed by atoms with Gasteiger partial charge in [0.1, 0.15) is 0 Å². The minimum Gasteiger partial charge on any atom is -0.352 e. The third-order valence-electron chi connectivity index (χ3n) is 2.83. The van der Waals surface area contributed by atoms with Crippen molar-refractivity contribution in [3.63, 3.8) is 0 Å². The van der Waals surface area contributed by atoms with E-state index >= 15 is 0 Å². The lowest BCUT2D eigenvalue weighted by Crippen LogP contribution is -2.16. The molecule has 0 aliphatic rings. The Morgan fingerprint density at radius 1 is 1.00 bits per heavy atom. The van der Waals surface area contributed by atoms with Crippen LogP contribution >= 0.6 is 0 Å². The van der Waals surface area contributed by atoms with Crippen LogP contribution in [0.3, 0.4) is 0 Å². The number of nitrogens with one attached hydrogen (secondary N) is 1. The molecular weight excluding hydrogens is 210 g/mol. The molecule has 0 bridgehead atoms. The zero-order valence-electron chi connectivity index (χ0n) is 9.76. The normalized spacial score (nSPS) is 11.8. The Morgan fingerprint density at radius 3 is 2.35 bits per heavy atom. The summed E-state index contributed by atoms with van der Waals surface area (Å²) in [6.07, 6.45) is 0.743. The standard InChI is InChI=1S/C15H15NO/c1-12(16-11-17)14-9-5-6-10-15(14)13-7-3-2-4-8-13/h2-12H,1H3,(H,16,17)/t12-/m1/s1. The molecule has 0 saturated heterocycles.